The molecule has 3 N–H and O–H groups in total. The van der Waals surface area contributed by atoms with Gasteiger partial charge in [-0.1, -0.05) is 18.6 Å². The summed E-state index contributed by atoms with van der Waals surface area (Å²) in [4.78, 5) is 0. The number of benzene rings is 1. The molecule has 2 rings (SSSR count). The zero-order chi connectivity index (χ0) is 12.1. The lowest BCUT2D eigenvalue weighted by Crippen LogP contribution is -2.28. The molecular formula is C14H21NO2. The van der Waals surface area contributed by atoms with Crippen molar-refractivity contribution >= 4 is 0 Å². The zero-order valence-corrected chi connectivity index (χ0v) is 10.1. The first kappa shape index (κ1) is 12.4. The van der Waals surface area contributed by atoms with E-state index in [1.807, 2.05) is 12.1 Å². The van der Waals surface area contributed by atoms with Crippen LogP contribution in [0.5, 0.6) is 5.75 Å². The van der Waals surface area contributed by atoms with Crippen LogP contribution in [-0.4, -0.2) is 22.9 Å². The number of hydrogen-bond acceptors (Lipinski definition) is 3. The van der Waals surface area contributed by atoms with E-state index in [2.05, 4.69) is 5.32 Å². The van der Waals surface area contributed by atoms with Gasteiger partial charge in [0.1, 0.15) is 5.75 Å². The molecule has 1 saturated carbocycles. The number of aliphatic hydroxyl groups excluding tert-OH is 1. The molecule has 0 aliphatic heterocycles. The van der Waals surface area contributed by atoms with E-state index in [4.69, 9.17) is 0 Å². The average molecular weight is 235 g/mol. The predicted molar refractivity (Wildman–Crippen MR) is 67.8 cm³/mol. The van der Waals surface area contributed by atoms with Crippen molar-refractivity contribution in [3.63, 3.8) is 0 Å². The van der Waals surface area contributed by atoms with E-state index in [1.54, 1.807) is 12.1 Å². The van der Waals surface area contributed by atoms with Gasteiger partial charge in [0.25, 0.3) is 0 Å². The number of aliphatic hydroxyl groups is 1. The number of aromatic hydroxyl groups is 1. The highest BCUT2D eigenvalue weighted by Crippen LogP contribution is 2.23. The summed E-state index contributed by atoms with van der Waals surface area (Å²) in [5.74, 6) is 0.911. The molecule has 94 valence electrons. The monoisotopic (exact) mass is 235 g/mol. The van der Waals surface area contributed by atoms with E-state index >= 15 is 0 Å². The van der Waals surface area contributed by atoms with Crippen LogP contribution in [0.4, 0.5) is 0 Å². The van der Waals surface area contributed by atoms with Gasteiger partial charge in [0, 0.05) is 6.54 Å². The van der Waals surface area contributed by atoms with Gasteiger partial charge in [-0.3, -0.25) is 0 Å². The molecule has 1 aromatic carbocycles. The molecule has 0 bridgehead atoms. The Balaban J connectivity index is 1.72. The summed E-state index contributed by atoms with van der Waals surface area (Å²) in [6.07, 6.45) is 4.14. The van der Waals surface area contributed by atoms with Crippen LogP contribution in [0.15, 0.2) is 24.3 Å². The Morgan fingerprint density at radius 1 is 1.29 bits per heavy atom. The highest BCUT2D eigenvalue weighted by Gasteiger charge is 2.19. The second kappa shape index (κ2) is 6.03. The maximum atomic E-state index is 9.57. The first-order valence-corrected chi connectivity index (χ1v) is 6.41. The van der Waals surface area contributed by atoms with Gasteiger partial charge in [-0.15, -0.1) is 0 Å². The molecule has 17 heavy (non-hydrogen) atoms. The highest BCUT2D eigenvalue weighted by atomic mass is 16.3. The third kappa shape index (κ3) is 4.02. The Morgan fingerprint density at radius 3 is 2.94 bits per heavy atom. The minimum Gasteiger partial charge on any atom is -0.508 e. The van der Waals surface area contributed by atoms with Crippen molar-refractivity contribution in [1.29, 1.82) is 0 Å². The molecule has 0 heterocycles. The molecule has 0 aromatic heterocycles. The fraction of sp³-hybridized carbons (Fsp3) is 0.571. The van der Waals surface area contributed by atoms with E-state index in [9.17, 15) is 10.2 Å². The predicted octanol–water partition coefficient (Wildman–Crippen LogP) is 2.03. The first-order chi connectivity index (χ1) is 8.24. The number of phenols is 1. The van der Waals surface area contributed by atoms with Crippen molar-refractivity contribution in [3.8, 4) is 5.75 Å². The van der Waals surface area contributed by atoms with Crippen LogP contribution in [0.3, 0.4) is 0 Å². The summed E-state index contributed by atoms with van der Waals surface area (Å²) in [5, 5.41) is 22.3. The average Bonchev–Trinajstić information content (AvgIpc) is 2.29. The number of phenolic OH excluding ortho intramolecular Hbond substituents is 1. The Kier molecular flexibility index (Phi) is 4.40. The smallest absolute Gasteiger partial charge is 0.115 e. The summed E-state index contributed by atoms with van der Waals surface area (Å²) in [5.41, 5.74) is 1.10. The third-order valence-corrected chi connectivity index (χ3v) is 3.43. The summed E-state index contributed by atoms with van der Waals surface area (Å²) < 4.78 is 0. The van der Waals surface area contributed by atoms with Gasteiger partial charge in [-0.25, -0.2) is 0 Å². The normalized spacial score (nSPS) is 24.8. The van der Waals surface area contributed by atoms with Crippen molar-refractivity contribution in [1.82, 2.24) is 5.32 Å². The summed E-state index contributed by atoms with van der Waals surface area (Å²) in [7, 11) is 0. The van der Waals surface area contributed by atoms with Gasteiger partial charge in [0.15, 0.2) is 0 Å². The molecule has 2 atom stereocenters. The van der Waals surface area contributed by atoms with Crippen molar-refractivity contribution in [2.45, 2.75) is 38.3 Å². The number of nitrogens with one attached hydrogen (secondary N) is 1. The SMILES string of the molecule is Oc1cccc(CNCC2CCCC(O)C2)c1. The van der Waals surface area contributed by atoms with Crippen molar-refractivity contribution < 1.29 is 10.2 Å². The second-order valence-electron chi connectivity index (χ2n) is 4.99. The Labute approximate surface area is 102 Å². The molecular weight excluding hydrogens is 214 g/mol. The van der Waals surface area contributed by atoms with Gasteiger partial charge in [-0.05, 0) is 49.4 Å². The van der Waals surface area contributed by atoms with E-state index in [1.165, 1.54) is 6.42 Å². The fourth-order valence-electron chi connectivity index (χ4n) is 2.54. The lowest BCUT2D eigenvalue weighted by atomic mass is 9.87. The molecule has 1 aliphatic carbocycles. The Bertz CT molecular complexity index is 354. The molecule has 0 amide bonds. The van der Waals surface area contributed by atoms with Crippen LogP contribution in [0.1, 0.15) is 31.2 Å². The van der Waals surface area contributed by atoms with Crippen molar-refractivity contribution in [2.24, 2.45) is 5.92 Å². The summed E-state index contributed by atoms with van der Waals surface area (Å²) in [6, 6.07) is 7.32. The molecule has 0 radical (unpaired) electrons. The van der Waals surface area contributed by atoms with Crippen molar-refractivity contribution in [3.05, 3.63) is 29.8 Å². The summed E-state index contributed by atoms with van der Waals surface area (Å²) in [6.45, 7) is 1.73. The van der Waals surface area contributed by atoms with Crippen LogP contribution in [0, 0.1) is 5.92 Å². The van der Waals surface area contributed by atoms with Gasteiger partial charge < -0.3 is 15.5 Å². The molecule has 3 heteroatoms. The molecule has 1 aliphatic rings. The van der Waals surface area contributed by atoms with Crippen molar-refractivity contribution in [2.75, 3.05) is 6.54 Å². The zero-order valence-electron chi connectivity index (χ0n) is 10.1. The largest absolute Gasteiger partial charge is 0.508 e. The Morgan fingerprint density at radius 2 is 2.18 bits per heavy atom. The second-order valence-corrected chi connectivity index (χ2v) is 4.99. The van der Waals surface area contributed by atoms with Crippen LogP contribution in [-0.2, 0) is 6.54 Å². The minimum atomic E-state index is -0.101. The maximum absolute atomic E-state index is 9.57. The lowest BCUT2D eigenvalue weighted by molar-refractivity contribution is 0.101. The maximum Gasteiger partial charge on any atom is 0.115 e. The standard InChI is InChI=1S/C14H21NO2/c16-13-5-1-3-11(7-13)9-15-10-12-4-2-6-14(17)8-12/h1,3,5,7,12,14-17H,2,4,6,8-10H2. The molecule has 1 fully saturated rings. The highest BCUT2D eigenvalue weighted by molar-refractivity contribution is 5.26. The molecule has 3 nitrogen and oxygen atoms in total. The van der Waals surface area contributed by atoms with E-state index < -0.39 is 0 Å². The lowest BCUT2D eigenvalue weighted by Gasteiger charge is -2.26. The topological polar surface area (TPSA) is 52.5 Å². The van der Waals surface area contributed by atoms with Gasteiger partial charge in [0.2, 0.25) is 0 Å². The van der Waals surface area contributed by atoms with E-state index in [-0.39, 0.29) is 6.10 Å². The van der Waals surface area contributed by atoms with Gasteiger partial charge in [0.05, 0.1) is 6.10 Å². The quantitative estimate of drug-likeness (QED) is 0.748. The number of hydrogen-bond donors (Lipinski definition) is 3. The van der Waals surface area contributed by atoms with Gasteiger partial charge in [-0.2, -0.15) is 0 Å². The molecule has 2 unspecified atom stereocenters. The fourth-order valence-corrected chi connectivity index (χ4v) is 2.54. The van der Waals surface area contributed by atoms with Crippen LogP contribution in [0.2, 0.25) is 0 Å². The van der Waals surface area contributed by atoms with E-state index in [0.29, 0.717) is 11.7 Å². The van der Waals surface area contributed by atoms with Crippen LogP contribution >= 0.6 is 0 Å². The van der Waals surface area contributed by atoms with Gasteiger partial charge >= 0.3 is 0 Å². The summed E-state index contributed by atoms with van der Waals surface area (Å²) >= 11 is 0. The third-order valence-electron chi connectivity index (χ3n) is 3.43. The molecule has 1 aromatic rings. The van der Waals surface area contributed by atoms with Crippen LogP contribution in [0.25, 0.3) is 0 Å². The van der Waals surface area contributed by atoms with Crippen LogP contribution < -0.4 is 5.32 Å². The molecule has 0 spiro atoms. The van der Waals surface area contributed by atoms with E-state index in [0.717, 1.165) is 37.9 Å². The Hall–Kier alpha value is -1.06. The minimum absolute atomic E-state index is 0.101. The molecule has 0 saturated heterocycles. The first-order valence-electron chi connectivity index (χ1n) is 6.41. The number of rotatable bonds is 4.